The summed E-state index contributed by atoms with van der Waals surface area (Å²) in [5, 5.41) is 3.69. The van der Waals surface area contributed by atoms with Crippen molar-refractivity contribution in [2.24, 2.45) is 5.10 Å². The molecule has 0 heterocycles. The van der Waals surface area contributed by atoms with E-state index in [4.69, 9.17) is 4.74 Å². The number of Topliss-reactive ketones (excluding diaryl/α,β-unsaturated/α-hetero) is 1. The highest BCUT2D eigenvalue weighted by molar-refractivity contribution is 7.89. The molecule has 0 radical (unpaired) electrons. The first-order chi connectivity index (χ1) is 14.3. The number of ketones is 1. The summed E-state index contributed by atoms with van der Waals surface area (Å²) in [7, 11) is -3.88. The summed E-state index contributed by atoms with van der Waals surface area (Å²) in [6.07, 6.45) is 5.25. The molecular formula is C23H30N2O4S. The van der Waals surface area contributed by atoms with Gasteiger partial charge in [0.1, 0.15) is 5.75 Å². The van der Waals surface area contributed by atoms with Crippen LogP contribution in [0.25, 0.3) is 0 Å². The molecule has 0 aliphatic rings. The number of nitrogens with one attached hydrogen (secondary N) is 1. The van der Waals surface area contributed by atoms with Gasteiger partial charge in [0.15, 0.2) is 0 Å². The molecular weight excluding hydrogens is 400 g/mol. The number of rotatable bonds is 11. The summed E-state index contributed by atoms with van der Waals surface area (Å²) >= 11 is 0. The predicted octanol–water partition coefficient (Wildman–Crippen LogP) is 4.72. The SMILES string of the molecule is CCCCCCOc1ccccc1C(=O)/C=N/NS(=O)(=O)c1c(C)cc(C)cc1C. The molecule has 0 atom stereocenters. The summed E-state index contributed by atoms with van der Waals surface area (Å²) in [5.74, 6) is 0.0396. The zero-order valence-electron chi connectivity index (χ0n) is 18.1. The zero-order valence-corrected chi connectivity index (χ0v) is 18.9. The van der Waals surface area contributed by atoms with Crippen molar-refractivity contribution in [1.29, 1.82) is 0 Å². The van der Waals surface area contributed by atoms with E-state index < -0.39 is 15.8 Å². The van der Waals surface area contributed by atoms with Crippen LogP contribution in [-0.4, -0.2) is 27.0 Å². The van der Waals surface area contributed by atoms with Gasteiger partial charge in [-0.1, -0.05) is 56.0 Å². The first kappa shape index (κ1) is 23.6. The average molecular weight is 431 g/mol. The normalized spacial score (nSPS) is 11.6. The lowest BCUT2D eigenvalue weighted by Crippen LogP contribution is -2.21. The van der Waals surface area contributed by atoms with E-state index >= 15 is 0 Å². The summed E-state index contributed by atoms with van der Waals surface area (Å²) in [6.45, 7) is 8.04. The quantitative estimate of drug-likeness (QED) is 0.242. The predicted molar refractivity (Wildman–Crippen MR) is 120 cm³/mol. The van der Waals surface area contributed by atoms with Crippen LogP contribution in [0.3, 0.4) is 0 Å². The molecule has 30 heavy (non-hydrogen) atoms. The van der Waals surface area contributed by atoms with Crippen molar-refractivity contribution in [3.63, 3.8) is 0 Å². The fourth-order valence-corrected chi connectivity index (χ4v) is 4.62. The number of hydrogen-bond acceptors (Lipinski definition) is 5. The number of unbranched alkanes of at least 4 members (excludes halogenated alkanes) is 3. The molecule has 0 bridgehead atoms. The van der Waals surface area contributed by atoms with E-state index in [-0.39, 0.29) is 4.90 Å². The van der Waals surface area contributed by atoms with Crippen molar-refractivity contribution in [2.45, 2.75) is 58.3 Å². The number of benzene rings is 2. The number of aryl methyl sites for hydroxylation is 3. The number of sulfonamides is 1. The van der Waals surface area contributed by atoms with Gasteiger partial charge < -0.3 is 4.74 Å². The second-order valence-electron chi connectivity index (χ2n) is 7.35. The van der Waals surface area contributed by atoms with Crippen LogP contribution in [0.1, 0.15) is 59.7 Å². The second kappa shape index (κ2) is 10.9. The van der Waals surface area contributed by atoms with E-state index in [1.165, 1.54) is 0 Å². The Kier molecular flexibility index (Phi) is 8.59. The highest BCUT2D eigenvalue weighted by Crippen LogP contribution is 2.22. The van der Waals surface area contributed by atoms with Crippen LogP contribution in [0.4, 0.5) is 0 Å². The first-order valence-electron chi connectivity index (χ1n) is 10.1. The first-order valence-corrected chi connectivity index (χ1v) is 11.6. The summed E-state index contributed by atoms with van der Waals surface area (Å²) in [5.41, 5.74) is 2.58. The minimum atomic E-state index is -3.88. The van der Waals surface area contributed by atoms with Gasteiger partial charge in [-0.2, -0.15) is 18.4 Å². The molecule has 0 aliphatic heterocycles. The number of hydrogen-bond donors (Lipinski definition) is 1. The second-order valence-corrected chi connectivity index (χ2v) is 8.95. The fourth-order valence-electron chi connectivity index (χ4n) is 3.37. The smallest absolute Gasteiger partial charge is 0.277 e. The molecule has 0 aromatic heterocycles. The third-order valence-corrected chi connectivity index (χ3v) is 6.16. The van der Waals surface area contributed by atoms with Gasteiger partial charge in [0.2, 0.25) is 5.78 Å². The van der Waals surface area contributed by atoms with E-state index in [2.05, 4.69) is 16.9 Å². The third-order valence-electron chi connectivity index (χ3n) is 4.64. The van der Waals surface area contributed by atoms with Gasteiger partial charge in [-0.05, 0) is 50.5 Å². The van der Waals surface area contributed by atoms with E-state index in [0.717, 1.165) is 37.5 Å². The maximum absolute atomic E-state index is 12.6. The van der Waals surface area contributed by atoms with Crippen LogP contribution in [-0.2, 0) is 10.0 Å². The van der Waals surface area contributed by atoms with Crippen LogP contribution < -0.4 is 9.57 Å². The van der Waals surface area contributed by atoms with Crippen molar-refractivity contribution < 1.29 is 17.9 Å². The molecule has 2 aromatic carbocycles. The number of para-hydroxylation sites is 1. The molecule has 1 N–H and O–H groups in total. The number of carbonyl (C=O) groups is 1. The molecule has 2 aromatic rings. The third kappa shape index (κ3) is 6.42. The summed E-state index contributed by atoms with van der Waals surface area (Å²) in [6, 6.07) is 10.5. The number of ether oxygens (including phenoxy) is 1. The maximum Gasteiger partial charge on any atom is 0.277 e. The Bertz CT molecular complexity index is 991. The average Bonchev–Trinajstić information content (AvgIpc) is 2.66. The highest BCUT2D eigenvalue weighted by Gasteiger charge is 2.19. The van der Waals surface area contributed by atoms with Gasteiger partial charge in [0.05, 0.1) is 23.3 Å². The molecule has 2 rings (SSSR count). The Hall–Kier alpha value is -2.67. The monoisotopic (exact) mass is 430 g/mol. The zero-order chi connectivity index (χ0) is 22.1. The van der Waals surface area contributed by atoms with E-state index in [1.807, 2.05) is 6.92 Å². The van der Waals surface area contributed by atoms with Gasteiger partial charge in [-0.15, -0.1) is 0 Å². The molecule has 0 amide bonds. The van der Waals surface area contributed by atoms with Crippen molar-refractivity contribution in [3.8, 4) is 5.75 Å². The molecule has 6 nitrogen and oxygen atoms in total. The van der Waals surface area contributed by atoms with Gasteiger partial charge in [-0.3, -0.25) is 4.79 Å². The van der Waals surface area contributed by atoms with Gasteiger partial charge >= 0.3 is 0 Å². The molecule has 0 aliphatic carbocycles. The molecule has 0 saturated heterocycles. The standard InChI is InChI=1S/C23H30N2O4S/c1-5-6-7-10-13-29-22-12-9-8-11-20(22)21(26)16-24-25-30(27,28)23-18(3)14-17(2)15-19(23)4/h8-9,11-12,14-16,25H,5-7,10,13H2,1-4H3/b24-16+. The Balaban J connectivity index is 2.08. The Labute approximate surface area is 179 Å². The Morgan fingerprint density at radius 2 is 1.73 bits per heavy atom. The summed E-state index contributed by atoms with van der Waals surface area (Å²) in [4.78, 5) is 14.9. The van der Waals surface area contributed by atoms with Crippen LogP contribution >= 0.6 is 0 Å². The molecule has 7 heteroatoms. The number of carbonyl (C=O) groups excluding carboxylic acids is 1. The van der Waals surface area contributed by atoms with E-state index in [9.17, 15) is 13.2 Å². The molecule has 0 saturated carbocycles. The minimum Gasteiger partial charge on any atom is -0.493 e. The van der Waals surface area contributed by atoms with Crippen LogP contribution in [0.15, 0.2) is 46.4 Å². The van der Waals surface area contributed by atoms with Crippen molar-refractivity contribution >= 4 is 22.0 Å². The molecule has 162 valence electrons. The van der Waals surface area contributed by atoms with Crippen molar-refractivity contribution in [2.75, 3.05) is 6.61 Å². The van der Waals surface area contributed by atoms with Gasteiger partial charge in [0.25, 0.3) is 10.0 Å². The lowest BCUT2D eigenvalue weighted by Gasteiger charge is -2.11. The molecule has 0 fully saturated rings. The number of nitrogens with zero attached hydrogens (tertiary/aromatic N) is 1. The largest absolute Gasteiger partial charge is 0.493 e. The van der Waals surface area contributed by atoms with Crippen molar-refractivity contribution in [1.82, 2.24) is 4.83 Å². The number of hydrazone groups is 1. The van der Waals surface area contributed by atoms with Crippen LogP contribution in [0, 0.1) is 20.8 Å². The highest BCUT2D eigenvalue weighted by atomic mass is 32.2. The molecule has 0 spiro atoms. The van der Waals surface area contributed by atoms with Crippen molar-refractivity contribution in [3.05, 3.63) is 58.7 Å². The minimum absolute atomic E-state index is 0.175. The lowest BCUT2D eigenvalue weighted by molar-refractivity contribution is 0.106. The fraction of sp³-hybridized carbons (Fsp3) is 0.391. The Morgan fingerprint density at radius 1 is 1.07 bits per heavy atom. The van der Waals surface area contributed by atoms with Crippen LogP contribution in [0.2, 0.25) is 0 Å². The van der Waals surface area contributed by atoms with E-state index in [1.54, 1.807) is 50.2 Å². The topological polar surface area (TPSA) is 84.8 Å². The Morgan fingerprint density at radius 3 is 2.40 bits per heavy atom. The molecule has 0 unspecified atom stereocenters. The van der Waals surface area contributed by atoms with E-state index in [0.29, 0.717) is 29.0 Å². The lowest BCUT2D eigenvalue weighted by atomic mass is 10.1. The van der Waals surface area contributed by atoms with Crippen LogP contribution in [0.5, 0.6) is 5.75 Å². The summed E-state index contributed by atoms with van der Waals surface area (Å²) < 4.78 is 31.0. The van der Waals surface area contributed by atoms with Gasteiger partial charge in [0, 0.05) is 0 Å². The maximum atomic E-state index is 12.6. The van der Waals surface area contributed by atoms with Gasteiger partial charge in [-0.25, -0.2) is 0 Å².